The van der Waals surface area contributed by atoms with Crippen LogP contribution in [0.5, 0.6) is 0 Å². The smallest absolute Gasteiger partial charge is 0.228 e. The summed E-state index contributed by atoms with van der Waals surface area (Å²) in [4.78, 5) is 12.4. The lowest BCUT2D eigenvalue weighted by atomic mass is 9.96. The molecule has 3 N–H and O–H groups in total. The van der Waals surface area contributed by atoms with Crippen molar-refractivity contribution in [2.75, 3.05) is 17.6 Å². The quantitative estimate of drug-likeness (QED) is 0.806. The van der Waals surface area contributed by atoms with Crippen LogP contribution in [-0.4, -0.2) is 26.6 Å². The second kappa shape index (κ2) is 7.56. The van der Waals surface area contributed by atoms with E-state index in [4.69, 9.17) is 5.73 Å². The van der Waals surface area contributed by atoms with Crippen molar-refractivity contribution in [1.29, 1.82) is 0 Å². The van der Waals surface area contributed by atoms with Gasteiger partial charge in [-0.25, -0.2) is 8.42 Å². The summed E-state index contributed by atoms with van der Waals surface area (Å²) in [6, 6.07) is 6.22. The minimum atomic E-state index is -3.21. The Morgan fingerprint density at radius 3 is 2.24 bits per heavy atom. The van der Waals surface area contributed by atoms with Crippen LogP contribution >= 0.6 is 0 Å². The number of nitrogens with one attached hydrogen (secondary N) is 1. The lowest BCUT2D eigenvalue weighted by Gasteiger charge is -2.17. The van der Waals surface area contributed by atoms with Gasteiger partial charge in [0.25, 0.3) is 0 Å². The van der Waals surface area contributed by atoms with E-state index in [1.807, 2.05) is 13.8 Å². The summed E-state index contributed by atoms with van der Waals surface area (Å²) in [5.74, 6) is 0.0882. The number of benzene rings is 1. The van der Waals surface area contributed by atoms with Gasteiger partial charge in [0.15, 0.2) is 9.84 Å². The fraction of sp³-hybridized carbons (Fsp3) is 0.533. The van der Waals surface area contributed by atoms with Crippen LogP contribution in [0.25, 0.3) is 0 Å². The first-order valence-corrected chi connectivity index (χ1v) is 8.79. The van der Waals surface area contributed by atoms with Crippen molar-refractivity contribution in [3.8, 4) is 0 Å². The first-order valence-electron chi connectivity index (χ1n) is 7.14. The minimum Gasteiger partial charge on any atom is -0.330 e. The van der Waals surface area contributed by atoms with Crippen molar-refractivity contribution in [3.05, 3.63) is 24.3 Å². The Morgan fingerprint density at radius 2 is 1.81 bits per heavy atom. The summed E-state index contributed by atoms with van der Waals surface area (Å²) >= 11 is 0. The zero-order valence-electron chi connectivity index (χ0n) is 12.8. The molecule has 0 radical (unpaired) electrons. The van der Waals surface area contributed by atoms with Gasteiger partial charge in [0.2, 0.25) is 5.91 Å². The molecule has 0 fully saturated rings. The van der Waals surface area contributed by atoms with E-state index in [0.29, 0.717) is 18.2 Å². The molecule has 0 aromatic heterocycles. The van der Waals surface area contributed by atoms with E-state index in [2.05, 4.69) is 5.32 Å². The SMILES string of the molecule is CCS(=O)(=O)c1ccc(NC(=O)C(CN)CC(C)C)cc1. The van der Waals surface area contributed by atoms with Crippen molar-refractivity contribution in [3.63, 3.8) is 0 Å². The molecule has 21 heavy (non-hydrogen) atoms. The van der Waals surface area contributed by atoms with Crippen LogP contribution in [0.1, 0.15) is 27.2 Å². The topological polar surface area (TPSA) is 89.3 Å². The van der Waals surface area contributed by atoms with Gasteiger partial charge < -0.3 is 11.1 Å². The zero-order valence-corrected chi connectivity index (χ0v) is 13.6. The third-order valence-corrected chi connectivity index (χ3v) is 5.02. The van der Waals surface area contributed by atoms with Crippen molar-refractivity contribution < 1.29 is 13.2 Å². The predicted molar refractivity (Wildman–Crippen MR) is 84.8 cm³/mol. The lowest BCUT2D eigenvalue weighted by Crippen LogP contribution is -2.30. The summed E-state index contributed by atoms with van der Waals surface area (Å²) in [5, 5.41) is 2.78. The first-order chi connectivity index (χ1) is 9.80. The third-order valence-electron chi connectivity index (χ3n) is 3.27. The van der Waals surface area contributed by atoms with Gasteiger partial charge in [0.1, 0.15) is 0 Å². The van der Waals surface area contributed by atoms with Gasteiger partial charge in [0.05, 0.1) is 16.6 Å². The largest absolute Gasteiger partial charge is 0.330 e. The fourth-order valence-corrected chi connectivity index (χ4v) is 2.92. The van der Waals surface area contributed by atoms with Gasteiger partial charge in [0, 0.05) is 12.2 Å². The van der Waals surface area contributed by atoms with Crippen LogP contribution in [0.15, 0.2) is 29.2 Å². The molecule has 0 heterocycles. The second-order valence-electron chi connectivity index (χ2n) is 5.48. The number of amides is 1. The maximum absolute atomic E-state index is 12.1. The molecule has 118 valence electrons. The van der Waals surface area contributed by atoms with Crippen LogP contribution in [0.3, 0.4) is 0 Å². The molecule has 1 amide bonds. The molecule has 1 aromatic carbocycles. The lowest BCUT2D eigenvalue weighted by molar-refractivity contribution is -0.120. The molecule has 0 aliphatic carbocycles. The van der Waals surface area contributed by atoms with Gasteiger partial charge >= 0.3 is 0 Å². The number of hydrogen-bond acceptors (Lipinski definition) is 4. The molecule has 1 aromatic rings. The van der Waals surface area contributed by atoms with Gasteiger partial charge in [-0.1, -0.05) is 20.8 Å². The van der Waals surface area contributed by atoms with E-state index in [0.717, 1.165) is 6.42 Å². The molecule has 1 unspecified atom stereocenters. The Kier molecular flexibility index (Phi) is 6.36. The van der Waals surface area contributed by atoms with Crippen molar-refractivity contribution >= 4 is 21.4 Å². The van der Waals surface area contributed by atoms with Crippen molar-refractivity contribution in [2.45, 2.75) is 32.1 Å². The molecule has 6 heteroatoms. The Bertz CT molecular complexity index is 565. The molecular formula is C15H24N2O3S. The number of nitrogens with two attached hydrogens (primary N) is 1. The monoisotopic (exact) mass is 312 g/mol. The van der Waals surface area contributed by atoms with Crippen LogP contribution in [0.2, 0.25) is 0 Å². The fourth-order valence-electron chi connectivity index (χ4n) is 2.04. The number of carbonyl (C=O) groups excluding carboxylic acids is 1. The molecule has 1 rings (SSSR count). The first kappa shape index (κ1) is 17.7. The summed E-state index contributed by atoms with van der Waals surface area (Å²) in [5.41, 5.74) is 6.22. The molecule has 0 aliphatic rings. The Balaban J connectivity index is 2.78. The highest BCUT2D eigenvalue weighted by Gasteiger charge is 2.18. The van der Waals surface area contributed by atoms with Crippen LogP contribution in [-0.2, 0) is 14.6 Å². The molecule has 0 aliphatic heterocycles. The van der Waals surface area contributed by atoms with E-state index < -0.39 is 9.84 Å². The number of hydrogen-bond donors (Lipinski definition) is 2. The van der Waals surface area contributed by atoms with Crippen molar-refractivity contribution in [2.24, 2.45) is 17.6 Å². The highest BCUT2D eigenvalue weighted by Crippen LogP contribution is 2.17. The highest BCUT2D eigenvalue weighted by molar-refractivity contribution is 7.91. The molecule has 0 spiro atoms. The van der Waals surface area contributed by atoms with E-state index in [1.165, 1.54) is 12.1 Å². The maximum atomic E-state index is 12.1. The Hall–Kier alpha value is -1.40. The second-order valence-corrected chi connectivity index (χ2v) is 7.76. The summed E-state index contributed by atoms with van der Waals surface area (Å²) in [7, 11) is -3.21. The van der Waals surface area contributed by atoms with Crippen LogP contribution < -0.4 is 11.1 Å². The summed E-state index contributed by atoms with van der Waals surface area (Å²) < 4.78 is 23.4. The maximum Gasteiger partial charge on any atom is 0.228 e. The van der Waals surface area contributed by atoms with Gasteiger partial charge in [-0.05, 0) is 36.6 Å². The number of sulfone groups is 1. The summed E-state index contributed by atoms with van der Waals surface area (Å²) in [6.45, 7) is 5.98. The summed E-state index contributed by atoms with van der Waals surface area (Å²) in [6.07, 6.45) is 0.727. The van der Waals surface area contributed by atoms with E-state index in [-0.39, 0.29) is 22.5 Å². The van der Waals surface area contributed by atoms with E-state index in [1.54, 1.807) is 19.1 Å². The zero-order chi connectivity index (χ0) is 16.0. The predicted octanol–water partition coefficient (Wildman–Crippen LogP) is 2.04. The molecule has 0 saturated heterocycles. The molecule has 5 nitrogen and oxygen atoms in total. The molecule has 0 bridgehead atoms. The molecular weight excluding hydrogens is 288 g/mol. The van der Waals surface area contributed by atoms with Crippen LogP contribution in [0.4, 0.5) is 5.69 Å². The Morgan fingerprint density at radius 1 is 1.24 bits per heavy atom. The number of carbonyl (C=O) groups is 1. The standard InChI is InChI=1S/C15H24N2O3S/c1-4-21(19,20)14-7-5-13(6-8-14)17-15(18)12(10-16)9-11(2)3/h5-8,11-12H,4,9-10,16H2,1-3H3,(H,17,18). The highest BCUT2D eigenvalue weighted by atomic mass is 32.2. The normalized spacial score (nSPS) is 13.2. The van der Waals surface area contributed by atoms with Crippen LogP contribution in [0, 0.1) is 11.8 Å². The van der Waals surface area contributed by atoms with Gasteiger partial charge in [-0.15, -0.1) is 0 Å². The Labute approximate surface area is 126 Å². The van der Waals surface area contributed by atoms with Gasteiger partial charge in [-0.2, -0.15) is 0 Å². The third kappa shape index (κ3) is 5.13. The molecule has 1 atom stereocenters. The average molecular weight is 312 g/mol. The van der Waals surface area contributed by atoms with Crippen molar-refractivity contribution in [1.82, 2.24) is 0 Å². The number of anilines is 1. The van der Waals surface area contributed by atoms with E-state index in [9.17, 15) is 13.2 Å². The minimum absolute atomic E-state index is 0.0579. The van der Waals surface area contributed by atoms with E-state index >= 15 is 0 Å². The van der Waals surface area contributed by atoms with Gasteiger partial charge in [-0.3, -0.25) is 4.79 Å². The molecule has 0 saturated carbocycles. The average Bonchev–Trinajstić information content (AvgIpc) is 2.45. The number of rotatable bonds is 7.